The maximum absolute atomic E-state index is 13.4. The number of piperidine rings is 1. The summed E-state index contributed by atoms with van der Waals surface area (Å²) in [7, 11) is 0. The Balaban J connectivity index is 1.30. The number of hydrogen-bond donors (Lipinski definition) is 0. The Hall–Kier alpha value is -3.17. The molecular formula is C24H23N3O3. The van der Waals surface area contributed by atoms with Crippen LogP contribution in [0.2, 0.25) is 0 Å². The fraction of sp³-hybridized carbons (Fsp3) is 0.375. The largest absolute Gasteiger partial charge is 0.342 e. The van der Waals surface area contributed by atoms with Gasteiger partial charge in [0.05, 0.1) is 17.7 Å². The Morgan fingerprint density at radius 1 is 1.07 bits per heavy atom. The molecule has 2 unspecified atom stereocenters. The molecule has 3 aliphatic heterocycles. The van der Waals surface area contributed by atoms with Crippen LogP contribution < -0.4 is 0 Å². The molecule has 152 valence electrons. The monoisotopic (exact) mass is 401 g/mol. The van der Waals surface area contributed by atoms with Gasteiger partial charge in [0, 0.05) is 31.5 Å². The summed E-state index contributed by atoms with van der Waals surface area (Å²) >= 11 is 0. The Bertz CT molecular complexity index is 1020. The lowest BCUT2D eigenvalue weighted by atomic mass is 9.89. The molecule has 6 heteroatoms. The molecule has 2 aromatic rings. The molecule has 3 saturated heterocycles. The number of amides is 2. The van der Waals surface area contributed by atoms with Crippen LogP contribution in [-0.4, -0.2) is 46.5 Å². The first kappa shape index (κ1) is 18.8. The highest BCUT2D eigenvalue weighted by Gasteiger charge is 2.58. The summed E-state index contributed by atoms with van der Waals surface area (Å²) in [6.07, 6.45) is 2.60. The summed E-state index contributed by atoms with van der Waals surface area (Å²) in [5.41, 5.74) is 1.31. The minimum Gasteiger partial charge on any atom is -0.342 e. The lowest BCUT2D eigenvalue weighted by Gasteiger charge is -2.37. The zero-order chi connectivity index (χ0) is 20.7. The quantitative estimate of drug-likeness (QED) is 0.774. The number of likely N-dealkylation sites (tertiary alicyclic amines) is 1. The number of fused-ring (bicyclic) bond motifs is 1. The van der Waals surface area contributed by atoms with Gasteiger partial charge in [-0.15, -0.1) is 0 Å². The Morgan fingerprint density at radius 3 is 2.57 bits per heavy atom. The third kappa shape index (κ3) is 2.98. The van der Waals surface area contributed by atoms with Crippen molar-refractivity contribution in [3.05, 3.63) is 71.3 Å². The van der Waals surface area contributed by atoms with Crippen LogP contribution >= 0.6 is 0 Å². The maximum atomic E-state index is 13.4. The average Bonchev–Trinajstić information content (AvgIpc) is 3.32. The van der Waals surface area contributed by atoms with Crippen LogP contribution in [0, 0.1) is 11.3 Å². The summed E-state index contributed by atoms with van der Waals surface area (Å²) in [5.74, 6) is -0.0347. The zero-order valence-electron chi connectivity index (χ0n) is 16.7. The fourth-order valence-electron chi connectivity index (χ4n) is 5.02. The highest BCUT2D eigenvalue weighted by atomic mass is 16.6. The standard InChI is InChI=1S/C24H23N3O3/c25-16-17-5-4-8-19(15-17)22(28)26-13-11-24(12-14-26)23(29)27-20(9-10-21(27)30-24)18-6-2-1-3-7-18/h1-8,15,20-21H,9-14H2. The van der Waals surface area contributed by atoms with Crippen molar-refractivity contribution in [3.8, 4) is 6.07 Å². The van der Waals surface area contributed by atoms with E-state index in [1.807, 2.05) is 23.1 Å². The van der Waals surface area contributed by atoms with E-state index < -0.39 is 5.60 Å². The molecule has 1 spiro atoms. The van der Waals surface area contributed by atoms with Crippen molar-refractivity contribution in [2.45, 2.75) is 43.6 Å². The summed E-state index contributed by atoms with van der Waals surface area (Å²) in [5, 5.41) is 9.07. The molecule has 5 rings (SSSR count). The van der Waals surface area contributed by atoms with Crippen molar-refractivity contribution in [1.29, 1.82) is 5.26 Å². The molecule has 0 aliphatic carbocycles. The van der Waals surface area contributed by atoms with E-state index >= 15 is 0 Å². The summed E-state index contributed by atoms with van der Waals surface area (Å²) < 4.78 is 6.34. The van der Waals surface area contributed by atoms with E-state index in [9.17, 15) is 9.59 Å². The van der Waals surface area contributed by atoms with E-state index in [0.717, 1.165) is 18.4 Å². The molecule has 0 radical (unpaired) electrons. The predicted octanol–water partition coefficient (Wildman–Crippen LogP) is 3.25. The smallest absolute Gasteiger partial charge is 0.257 e. The van der Waals surface area contributed by atoms with E-state index in [2.05, 4.69) is 18.2 Å². The van der Waals surface area contributed by atoms with Crippen LogP contribution in [0.15, 0.2) is 54.6 Å². The Labute approximate surface area is 175 Å². The van der Waals surface area contributed by atoms with Gasteiger partial charge in [-0.05, 0) is 36.6 Å². The first-order valence-corrected chi connectivity index (χ1v) is 10.5. The van der Waals surface area contributed by atoms with Crippen LogP contribution in [0.4, 0.5) is 0 Å². The van der Waals surface area contributed by atoms with Crippen molar-refractivity contribution in [1.82, 2.24) is 9.80 Å². The van der Waals surface area contributed by atoms with Gasteiger partial charge in [0.2, 0.25) is 0 Å². The average molecular weight is 401 g/mol. The number of rotatable bonds is 2. The maximum Gasteiger partial charge on any atom is 0.257 e. The number of benzene rings is 2. The molecule has 30 heavy (non-hydrogen) atoms. The molecular weight excluding hydrogens is 378 g/mol. The highest BCUT2D eigenvalue weighted by Crippen LogP contribution is 2.47. The van der Waals surface area contributed by atoms with Crippen molar-refractivity contribution in [2.24, 2.45) is 0 Å². The van der Waals surface area contributed by atoms with Gasteiger partial charge in [-0.25, -0.2) is 0 Å². The molecule has 0 bridgehead atoms. The van der Waals surface area contributed by atoms with Gasteiger partial charge in [-0.3, -0.25) is 9.59 Å². The second-order valence-corrected chi connectivity index (χ2v) is 8.27. The normalized spacial score (nSPS) is 24.7. The minimum absolute atomic E-state index is 0.0662. The number of carbonyl (C=O) groups excluding carboxylic acids is 2. The van der Waals surface area contributed by atoms with E-state index in [4.69, 9.17) is 10.00 Å². The van der Waals surface area contributed by atoms with Gasteiger partial charge in [-0.1, -0.05) is 36.4 Å². The molecule has 3 fully saturated rings. The molecule has 3 aliphatic rings. The third-order valence-corrected chi connectivity index (χ3v) is 6.60. The SMILES string of the molecule is N#Cc1cccc(C(=O)N2CCC3(CC2)OC2CCC(c4ccccc4)N2C3=O)c1. The third-order valence-electron chi connectivity index (χ3n) is 6.60. The molecule has 2 amide bonds. The number of carbonyl (C=O) groups is 2. The summed E-state index contributed by atoms with van der Waals surface area (Å²) in [6, 6.07) is 19.0. The number of hydrogen-bond acceptors (Lipinski definition) is 4. The molecule has 3 heterocycles. The van der Waals surface area contributed by atoms with Gasteiger partial charge in [0.25, 0.3) is 11.8 Å². The van der Waals surface area contributed by atoms with Crippen molar-refractivity contribution < 1.29 is 14.3 Å². The van der Waals surface area contributed by atoms with E-state index in [0.29, 0.717) is 37.1 Å². The van der Waals surface area contributed by atoms with Crippen molar-refractivity contribution in [2.75, 3.05) is 13.1 Å². The first-order valence-electron chi connectivity index (χ1n) is 10.5. The van der Waals surface area contributed by atoms with Gasteiger partial charge < -0.3 is 14.5 Å². The molecule has 6 nitrogen and oxygen atoms in total. The lowest BCUT2D eigenvalue weighted by molar-refractivity contribution is -0.142. The summed E-state index contributed by atoms with van der Waals surface area (Å²) in [6.45, 7) is 0.940. The van der Waals surface area contributed by atoms with Gasteiger partial charge in [0.15, 0.2) is 5.60 Å². The van der Waals surface area contributed by atoms with Crippen LogP contribution in [0.25, 0.3) is 0 Å². The highest BCUT2D eigenvalue weighted by molar-refractivity contribution is 5.95. The topological polar surface area (TPSA) is 73.6 Å². The number of nitrogens with zero attached hydrogens (tertiary/aromatic N) is 3. The van der Waals surface area contributed by atoms with Gasteiger partial charge in [0.1, 0.15) is 6.23 Å². The second kappa shape index (κ2) is 7.26. The lowest BCUT2D eigenvalue weighted by Crippen LogP contribution is -2.51. The fourth-order valence-corrected chi connectivity index (χ4v) is 5.02. The first-order chi connectivity index (χ1) is 14.6. The van der Waals surface area contributed by atoms with E-state index in [1.54, 1.807) is 29.2 Å². The van der Waals surface area contributed by atoms with Crippen LogP contribution in [-0.2, 0) is 9.53 Å². The van der Waals surface area contributed by atoms with E-state index in [1.165, 1.54) is 0 Å². The predicted molar refractivity (Wildman–Crippen MR) is 109 cm³/mol. The van der Waals surface area contributed by atoms with Crippen LogP contribution in [0.5, 0.6) is 0 Å². The molecule has 0 N–H and O–H groups in total. The molecule has 2 aromatic carbocycles. The summed E-state index contributed by atoms with van der Waals surface area (Å²) in [4.78, 5) is 30.0. The van der Waals surface area contributed by atoms with Gasteiger partial charge in [-0.2, -0.15) is 5.26 Å². The van der Waals surface area contributed by atoms with Crippen molar-refractivity contribution in [3.63, 3.8) is 0 Å². The zero-order valence-corrected chi connectivity index (χ0v) is 16.7. The van der Waals surface area contributed by atoms with Crippen molar-refractivity contribution >= 4 is 11.8 Å². The van der Waals surface area contributed by atoms with E-state index in [-0.39, 0.29) is 24.1 Å². The Morgan fingerprint density at radius 2 is 1.83 bits per heavy atom. The van der Waals surface area contributed by atoms with Crippen LogP contribution in [0.3, 0.4) is 0 Å². The second-order valence-electron chi connectivity index (χ2n) is 8.27. The molecule has 0 saturated carbocycles. The Kier molecular flexibility index (Phi) is 4.56. The molecule has 0 aromatic heterocycles. The molecule has 2 atom stereocenters. The van der Waals surface area contributed by atoms with Gasteiger partial charge >= 0.3 is 0 Å². The number of nitriles is 1. The number of ether oxygens (including phenoxy) is 1. The minimum atomic E-state index is -0.816. The van der Waals surface area contributed by atoms with Crippen LogP contribution in [0.1, 0.15) is 53.2 Å².